The maximum atomic E-state index is 4.74. The van der Waals surface area contributed by atoms with E-state index >= 15 is 0 Å². The summed E-state index contributed by atoms with van der Waals surface area (Å²) < 4.78 is 0. The standard InChI is InChI=1S/C21H29N5/c1-17-7-6-10-26(16-17)21-15-20(22-18(2)23-21)25-13-11-24(12-14-25)19-8-4-3-5-9-19/h3-5,8-9,15,17H,6-7,10-14,16H2,1-2H3. The van der Waals surface area contributed by atoms with Crippen LogP contribution in [0.25, 0.3) is 0 Å². The Bertz CT molecular complexity index is 724. The van der Waals surface area contributed by atoms with Crippen molar-refractivity contribution >= 4 is 17.3 Å². The first kappa shape index (κ1) is 17.1. The minimum atomic E-state index is 0.747. The van der Waals surface area contributed by atoms with Crippen LogP contribution in [0.15, 0.2) is 36.4 Å². The van der Waals surface area contributed by atoms with Crippen molar-refractivity contribution in [3.63, 3.8) is 0 Å². The van der Waals surface area contributed by atoms with Crippen LogP contribution >= 0.6 is 0 Å². The highest BCUT2D eigenvalue weighted by molar-refractivity contribution is 5.53. The second-order valence-electron chi connectivity index (χ2n) is 7.63. The molecule has 0 spiro atoms. The summed E-state index contributed by atoms with van der Waals surface area (Å²) in [4.78, 5) is 16.8. The van der Waals surface area contributed by atoms with Crippen LogP contribution in [0.4, 0.5) is 17.3 Å². The van der Waals surface area contributed by atoms with Gasteiger partial charge in [0, 0.05) is 51.0 Å². The van der Waals surface area contributed by atoms with Crippen molar-refractivity contribution in [3.05, 3.63) is 42.2 Å². The number of aryl methyl sites for hydroxylation is 1. The Labute approximate surface area is 156 Å². The smallest absolute Gasteiger partial charge is 0.134 e. The second kappa shape index (κ2) is 7.52. The van der Waals surface area contributed by atoms with Crippen molar-refractivity contribution in [2.75, 3.05) is 54.0 Å². The van der Waals surface area contributed by atoms with Gasteiger partial charge < -0.3 is 14.7 Å². The number of hydrogen-bond donors (Lipinski definition) is 0. The molecule has 2 saturated heterocycles. The lowest BCUT2D eigenvalue weighted by atomic mass is 10.0. The molecule has 0 N–H and O–H groups in total. The number of piperazine rings is 1. The van der Waals surface area contributed by atoms with E-state index in [1.54, 1.807) is 0 Å². The van der Waals surface area contributed by atoms with Crippen molar-refractivity contribution < 1.29 is 0 Å². The van der Waals surface area contributed by atoms with Crippen molar-refractivity contribution in [1.82, 2.24) is 9.97 Å². The molecule has 2 fully saturated rings. The number of nitrogens with zero attached hydrogens (tertiary/aromatic N) is 5. The molecule has 5 nitrogen and oxygen atoms in total. The van der Waals surface area contributed by atoms with Crippen molar-refractivity contribution in [2.24, 2.45) is 5.92 Å². The number of piperidine rings is 1. The molecule has 1 unspecified atom stereocenters. The molecule has 0 amide bonds. The second-order valence-corrected chi connectivity index (χ2v) is 7.63. The van der Waals surface area contributed by atoms with Crippen LogP contribution in [-0.2, 0) is 0 Å². The Kier molecular flexibility index (Phi) is 4.96. The molecule has 0 radical (unpaired) electrons. The fraction of sp³-hybridized carbons (Fsp3) is 0.524. The summed E-state index contributed by atoms with van der Waals surface area (Å²) in [7, 11) is 0. The summed E-state index contributed by atoms with van der Waals surface area (Å²) in [5.41, 5.74) is 1.31. The van der Waals surface area contributed by atoms with Crippen molar-refractivity contribution in [2.45, 2.75) is 26.7 Å². The van der Waals surface area contributed by atoms with Gasteiger partial charge in [0.05, 0.1) is 0 Å². The summed E-state index contributed by atoms with van der Waals surface area (Å²) in [5.74, 6) is 3.81. The lowest BCUT2D eigenvalue weighted by Crippen LogP contribution is -2.47. The van der Waals surface area contributed by atoms with Gasteiger partial charge in [0.1, 0.15) is 17.5 Å². The normalized spacial score (nSPS) is 21.2. The van der Waals surface area contributed by atoms with Crippen LogP contribution in [0, 0.1) is 12.8 Å². The van der Waals surface area contributed by atoms with Gasteiger partial charge in [0.25, 0.3) is 0 Å². The molecule has 1 aromatic carbocycles. The lowest BCUT2D eigenvalue weighted by Gasteiger charge is -2.37. The van der Waals surface area contributed by atoms with Crippen molar-refractivity contribution in [1.29, 1.82) is 0 Å². The zero-order chi connectivity index (χ0) is 17.9. The Hall–Kier alpha value is -2.30. The molecule has 2 aliphatic rings. The third kappa shape index (κ3) is 3.76. The first-order valence-corrected chi connectivity index (χ1v) is 9.84. The Morgan fingerprint density at radius 2 is 1.50 bits per heavy atom. The van der Waals surface area contributed by atoms with E-state index in [9.17, 15) is 0 Å². The molecule has 0 saturated carbocycles. The summed E-state index contributed by atoms with van der Waals surface area (Å²) >= 11 is 0. The van der Waals surface area contributed by atoms with Gasteiger partial charge in [-0.1, -0.05) is 25.1 Å². The first-order valence-electron chi connectivity index (χ1n) is 9.84. The highest BCUT2D eigenvalue weighted by Crippen LogP contribution is 2.25. The molecule has 3 heterocycles. The van der Waals surface area contributed by atoms with Gasteiger partial charge in [0.2, 0.25) is 0 Å². The third-order valence-corrected chi connectivity index (χ3v) is 5.52. The van der Waals surface area contributed by atoms with Crippen LogP contribution in [0.1, 0.15) is 25.6 Å². The molecule has 0 bridgehead atoms. The van der Waals surface area contributed by atoms with E-state index in [0.717, 1.165) is 62.6 Å². The number of anilines is 3. The molecule has 2 aromatic rings. The Balaban J connectivity index is 1.46. The SMILES string of the molecule is Cc1nc(N2CCN(c3ccccc3)CC2)cc(N2CCCC(C)C2)n1. The fourth-order valence-corrected chi connectivity index (χ4v) is 4.09. The molecule has 26 heavy (non-hydrogen) atoms. The molecule has 2 aliphatic heterocycles. The number of benzene rings is 1. The van der Waals surface area contributed by atoms with Crippen molar-refractivity contribution in [3.8, 4) is 0 Å². The Morgan fingerprint density at radius 1 is 0.846 bits per heavy atom. The predicted octanol–water partition coefficient (Wildman–Crippen LogP) is 3.35. The van der Waals surface area contributed by atoms with E-state index in [0.29, 0.717) is 0 Å². The van der Waals surface area contributed by atoms with E-state index < -0.39 is 0 Å². The van der Waals surface area contributed by atoms with Gasteiger partial charge in [0.15, 0.2) is 0 Å². The largest absolute Gasteiger partial charge is 0.368 e. The molecule has 1 aromatic heterocycles. The van der Waals surface area contributed by atoms with Crippen LogP contribution < -0.4 is 14.7 Å². The molecule has 0 aliphatic carbocycles. The van der Waals surface area contributed by atoms with Gasteiger partial charge in [-0.2, -0.15) is 0 Å². The summed E-state index contributed by atoms with van der Waals surface area (Å²) in [6.07, 6.45) is 2.59. The summed E-state index contributed by atoms with van der Waals surface area (Å²) in [6.45, 7) is 10.6. The van der Waals surface area contributed by atoms with Gasteiger partial charge in [-0.3, -0.25) is 0 Å². The van der Waals surface area contributed by atoms with E-state index in [4.69, 9.17) is 9.97 Å². The van der Waals surface area contributed by atoms with Crippen LogP contribution in [-0.4, -0.2) is 49.2 Å². The zero-order valence-electron chi connectivity index (χ0n) is 15.9. The molecule has 5 heteroatoms. The highest BCUT2D eigenvalue weighted by atomic mass is 15.3. The monoisotopic (exact) mass is 351 g/mol. The number of aromatic nitrogens is 2. The van der Waals surface area contributed by atoms with Crippen LogP contribution in [0.3, 0.4) is 0 Å². The zero-order valence-corrected chi connectivity index (χ0v) is 15.9. The minimum Gasteiger partial charge on any atom is -0.368 e. The molecule has 1 atom stereocenters. The van der Waals surface area contributed by atoms with E-state index in [2.05, 4.69) is 58.0 Å². The summed E-state index contributed by atoms with van der Waals surface area (Å²) in [6, 6.07) is 12.9. The maximum absolute atomic E-state index is 4.74. The Morgan fingerprint density at radius 3 is 2.19 bits per heavy atom. The average molecular weight is 351 g/mol. The molecule has 138 valence electrons. The molecular formula is C21H29N5. The van der Waals surface area contributed by atoms with Gasteiger partial charge in [-0.15, -0.1) is 0 Å². The van der Waals surface area contributed by atoms with Gasteiger partial charge in [-0.25, -0.2) is 9.97 Å². The molecular weight excluding hydrogens is 322 g/mol. The van der Waals surface area contributed by atoms with E-state index in [-0.39, 0.29) is 0 Å². The topological polar surface area (TPSA) is 35.5 Å². The van der Waals surface area contributed by atoms with Gasteiger partial charge >= 0.3 is 0 Å². The van der Waals surface area contributed by atoms with Gasteiger partial charge in [-0.05, 0) is 37.8 Å². The maximum Gasteiger partial charge on any atom is 0.134 e. The van der Waals surface area contributed by atoms with E-state index in [1.807, 2.05) is 6.92 Å². The number of hydrogen-bond acceptors (Lipinski definition) is 5. The molecule has 4 rings (SSSR count). The quantitative estimate of drug-likeness (QED) is 0.847. The first-order chi connectivity index (χ1) is 12.7. The van der Waals surface area contributed by atoms with E-state index in [1.165, 1.54) is 18.5 Å². The average Bonchev–Trinajstić information content (AvgIpc) is 2.68. The lowest BCUT2D eigenvalue weighted by molar-refractivity contribution is 0.444. The van der Waals surface area contributed by atoms with Crippen LogP contribution in [0.5, 0.6) is 0 Å². The highest BCUT2D eigenvalue weighted by Gasteiger charge is 2.22. The minimum absolute atomic E-state index is 0.747. The predicted molar refractivity (Wildman–Crippen MR) is 108 cm³/mol. The van der Waals surface area contributed by atoms with Crippen LogP contribution in [0.2, 0.25) is 0 Å². The third-order valence-electron chi connectivity index (χ3n) is 5.52. The number of rotatable bonds is 3. The fourth-order valence-electron chi connectivity index (χ4n) is 4.09. The number of para-hydroxylation sites is 1. The summed E-state index contributed by atoms with van der Waals surface area (Å²) in [5, 5.41) is 0.